The van der Waals surface area contributed by atoms with Gasteiger partial charge in [-0.15, -0.1) is 11.6 Å². The molecule has 0 amide bonds. The van der Waals surface area contributed by atoms with Gasteiger partial charge < -0.3 is 9.72 Å². The number of aromatic nitrogens is 2. The zero-order valence-electron chi connectivity index (χ0n) is 9.25. The highest BCUT2D eigenvalue weighted by Gasteiger charge is 2.07. The smallest absolute Gasteiger partial charge is 0.137 e. The molecule has 16 heavy (non-hydrogen) atoms. The van der Waals surface area contributed by atoms with Crippen molar-refractivity contribution in [1.82, 2.24) is 9.97 Å². The number of ether oxygens (including phenoxy) is 1. The first-order valence-corrected chi connectivity index (χ1v) is 5.54. The maximum Gasteiger partial charge on any atom is 0.137 e. The summed E-state index contributed by atoms with van der Waals surface area (Å²) < 4.78 is 5.10. The Labute approximate surface area is 99.4 Å². The number of aryl methyl sites for hydroxylation is 1. The second-order valence-electron chi connectivity index (χ2n) is 3.52. The Morgan fingerprint density at radius 3 is 2.50 bits per heavy atom. The molecule has 0 saturated heterocycles. The van der Waals surface area contributed by atoms with Crippen molar-refractivity contribution in [2.24, 2.45) is 0 Å². The molecule has 0 aliphatic heterocycles. The zero-order valence-corrected chi connectivity index (χ0v) is 10.0. The van der Waals surface area contributed by atoms with E-state index in [1.54, 1.807) is 7.11 Å². The Bertz CT molecular complexity index is 476. The number of rotatable bonds is 3. The number of imidazole rings is 1. The fraction of sp³-hybridized carbons (Fsp3) is 0.250. The molecular weight excluding hydrogens is 224 g/mol. The van der Waals surface area contributed by atoms with Crippen molar-refractivity contribution >= 4 is 11.6 Å². The minimum Gasteiger partial charge on any atom is -0.497 e. The van der Waals surface area contributed by atoms with Gasteiger partial charge in [0.15, 0.2) is 0 Å². The Balaban J connectivity index is 2.34. The van der Waals surface area contributed by atoms with Crippen LogP contribution < -0.4 is 4.74 Å². The molecule has 0 bridgehead atoms. The molecule has 0 atom stereocenters. The Morgan fingerprint density at radius 2 is 2.00 bits per heavy atom. The van der Waals surface area contributed by atoms with Crippen LogP contribution in [0.3, 0.4) is 0 Å². The Morgan fingerprint density at radius 1 is 1.31 bits per heavy atom. The van der Waals surface area contributed by atoms with Crippen molar-refractivity contribution in [3.05, 3.63) is 35.7 Å². The number of alkyl halides is 1. The van der Waals surface area contributed by atoms with Crippen LogP contribution in [0.4, 0.5) is 0 Å². The molecule has 0 fully saturated rings. The average molecular weight is 237 g/mol. The third-order valence-corrected chi connectivity index (χ3v) is 2.73. The van der Waals surface area contributed by atoms with Gasteiger partial charge >= 0.3 is 0 Å². The van der Waals surface area contributed by atoms with E-state index in [-0.39, 0.29) is 0 Å². The van der Waals surface area contributed by atoms with Crippen LogP contribution in [0.15, 0.2) is 24.3 Å². The van der Waals surface area contributed by atoms with Crippen LogP contribution in [0.5, 0.6) is 5.75 Å². The highest BCUT2D eigenvalue weighted by Crippen LogP contribution is 2.21. The first kappa shape index (κ1) is 11.0. The molecule has 1 heterocycles. The molecule has 2 aromatic rings. The normalized spacial score (nSPS) is 10.4. The van der Waals surface area contributed by atoms with Gasteiger partial charge in [0.1, 0.15) is 11.6 Å². The van der Waals surface area contributed by atoms with E-state index in [1.165, 1.54) is 0 Å². The third-order valence-electron chi connectivity index (χ3n) is 2.48. The van der Waals surface area contributed by atoms with E-state index in [2.05, 4.69) is 9.97 Å². The van der Waals surface area contributed by atoms with Gasteiger partial charge in [-0.2, -0.15) is 0 Å². The third kappa shape index (κ3) is 2.04. The van der Waals surface area contributed by atoms with E-state index in [0.717, 1.165) is 28.5 Å². The fourth-order valence-electron chi connectivity index (χ4n) is 1.51. The number of methoxy groups -OCH3 is 1. The second-order valence-corrected chi connectivity index (χ2v) is 3.79. The number of hydrogen-bond acceptors (Lipinski definition) is 2. The summed E-state index contributed by atoms with van der Waals surface area (Å²) in [6.07, 6.45) is 0. The number of nitrogens with one attached hydrogen (secondary N) is 1. The van der Waals surface area contributed by atoms with Crippen molar-refractivity contribution in [1.29, 1.82) is 0 Å². The lowest BCUT2D eigenvalue weighted by Gasteiger charge is -2.00. The molecule has 2 rings (SSSR count). The molecule has 1 aromatic heterocycles. The number of nitrogens with zero attached hydrogens (tertiary/aromatic N) is 1. The summed E-state index contributed by atoms with van der Waals surface area (Å²) in [6, 6.07) is 7.76. The SMILES string of the molecule is COc1ccc(-c2nc(CCl)c(C)[nH]2)cc1. The van der Waals surface area contributed by atoms with Gasteiger partial charge in [-0.3, -0.25) is 0 Å². The summed E-state index contributed by atoms with van der Waals surface area (Å²) in [4.78, 5) is 7.64. The van der Waals surface area contributed by atoms with Crippen LogP contribution in [0.1, 0.15) is 11.4 Å². The maximum atomic E-state index is 5.78. The number of aromatic amines is 1. The van der Waals surface area contributed by atoms with E-state index >= 15 is 0 Å². The lowest BCUT2D eigenvalue weighted by Crippen LogP contribution is -1.84. The quantitative estimate of drug-likeness (QED) is 0.832. The Kier molecular flexibility index (Phi) is 3.15. The molecular formula is C12H13ClN2O. The minimum absolute atomic E-state index is 0.429. The van der Waals surface area contributed by atoms with Crippen LogP contribution in [-0.2, 0) is 5.88 Å². The first-order valence-electron chi connectivity index (χ1n) is 5.00. The van der Waals surface area contributed by atoms with Gasteiger partial charge in [-0.1, -0.05) is 0 Å². The molecule has 3 nitrogen and oxygen atoms in total. The van der Waals surface area contributed by atoms with E-state index in [4.69, 9.17) is 16.3 Å². The molecule has 0 radical (unpaired) electrons. The van der Waals surface area contributed by atoms with E-state index in [9.17, 15) is 0 Å². The standard InChI is InChI=1S/C12H13ClN2O/c1-8-11(7-13)15-12(14-8)9-3-5-10(16-2)6-4-9/h3-6H,7H2,1-2H3,(H,14,15). The highest BCUT2D eigenvalue weighted by molar-refractivity contribution is 6.17. The van der Waals surface area contributed by atoms with Crippen LogP contribution >= 0.6 is 11.6 Å². The van der Waals surface area contributed by atoms with Gasteiger partial charge in [-0.25, -0.2) is 4.98 Å². The number of halogens is 1. The summed E-state index contributed by atoms with van der Waals surface area (Å²) in [7, 11) is 1.65. The van der Waals surface area contributed by atoms with Crippen LogP contribution in [0, 0.1) is 6.92 Å². The minimum atomic E-state index is 0.429. The molecule has 1 aromatic carbocycles. The monoisotopic (exact) mass is 236 g/mol. The fourth-order valence-corrected chi connectivity index (χ4v) is 1.77. The molecule has 0 unspecified atom stereocenters. The number of hydrogen-bond donors (Lipinski definition) is 1. The first-order chi connectivity index (χ1) is 7.74. The van der Waals surface area contributed by atoms with E-state index in [1.807, 2.05) is 31.2 Å². The maximum absolute atomic E-state index is 5.78. The van der Waals surface area contributed by atoms with Crippen molar-refractivity contribution in [3.8, 4) is 17.1 Å². The van der Waals surface area contributed by atoms with Gasteiger partial charge in [-0.05, 0) is 31.2 Å². The Hall–Kier alpha value is -1.48. The predicted molar refractivity (Wildman–Crippen MR) is 64.9 cm³/mol. The largest absolute Gasteiger partial charge is 0.497 e. The van der Waals surface area contributed by atoms with Gasteiger partial charge in [0.05, 0.1) is 18.7 Å². The van der Waals surface area contributed by atoms with Gasteiger partial charge in [0, 0.05) is 11.3 Å². The summed E-state index contributed by atoms with van der Waals surface area (Å²) in [5, 5.41) is 0. The van der Waals surface area contributed by atoms with Gasteiger partial charge in [0.25, 0.3) is 0 Å². The summed E-state index contributed by atoms with van der Waals surface area (Å²) >= 11 is 5.78. The van der Waals surface area contributed by atoms with E-state index in [0.29, 0.717) is 5.88 Å². The van der Waals surface area contributed by atoms with Crippen molar-refractivity contribution in [2.75, 3.05) is 7.11 Å². The molecule has 1 N–H and O–H groups in total. The molecule has 0 aliphatic carbocycles. The molecule has 0 saturated carbocycles. The molecule has 0 aliphatic rings. The zero-order chi connectivity index (χ0) is 11.5. The summed E-state index contributed by atoms with van der Waals surface area (Å²) in [5.74, 6) is 2.11. The van der Waals surface area contributed by atoms with Crippen molar-refractivity contribution in [3.63, 3.8) is 0 Å². The van der Waals surface area contributed by atoms with Crippen LogP contribution in [-0.4, -0.2) is 17.1 Å². The van der Waals surface area contributed by atoms with Crippen LogP contribution in [0.2, 0.25) is 0 Å². The molecule has 84 valence electrons. The average Bonchev–Trinajstić information content (AvgIpc) is 2.71. The second kappa shape index (κ2) is 4.58. The molecule has 4 heteroatoms. The van der Waals surface area contributed by atoms with Gasteiger partial charge in [0.2, 0.25) is 0 Å². The van der Waals surface area contributed by atoms with Crippen molar-refractivity contribution < 1.29 is 4.74 Å². The lowest BCUT2D eigenvalue weighted by atomic mass is 10.2. The van der Waals surface area contributed by atoms with E-state index < -0.39 is 0 Å². The van der Waals surface area contributed by atoms with Crippen LogP contribution in [0.25, 0.3) is 11.4 Å². The topological polar surface area (TPSA) is 37.9 Å². The lowest BCUT2D eigenvalue weighted by molar-refractivity contribution is 0.415. The molecule has 0 spiro atoms. The summed E-state index contributed by atoms with van der Waals surface area (Å²) in [5.41, 5.74) is 2.94. The highest BCUT2D eigenvalue weighted by atomic mass is 35.5. The number of H-pyrrole nitrogens is 1. The predicted octanol–water partition coefficient (Wildman–Crippen LogP) is 3.13. The number of benzene rings is 1. The van der Waals surface area contributed by atoms with Crippen molar-refractivity contribution in [2.45, 2.75) is 12.8 Å². The summed E-state index contributed by atoms with van der Waals surface area (Å²) in [6.45, 7) is 1.97.